The Hall–Kier alpha value is -1.10. The number of hydrogen-bond donors (Lipinski definition) is 1. The van der Waals surface area contributed by atoms with Crippen molar-refractivity contribution in [3.8, 4) is 5.75 Å². The largest absolute Gasteiger partial charge is 0.497 e. The lowest BCUT2D eigenvalue weighted by Crippen LogP contribution is -2.53. The minimum absolute atomic E-state index is 0.116. The third-order valence-corrected chi connectivity index (χ3v) is 4.95. The zero-order chi connectivity index (χ0) is 14.8. The van der Waals surface area contributed by atoms with E-state index in [4.69, 9.17) is 10.5 Å². The first-order valence-corrected chi connectivity index (χ1v) is 8.06. The first-order chi connectivity index (χ1) is 10.2. The molecule has 2 aliphatic heterocycles. The summed E-state index contributed by atoms with van der Waals surface area (Å²) in [6, 6.07) is 9.50. The number of ether oxygens (including phenoxy) is 1. The molecule has 0 aliphatic carbocycles. The maximum Gasteiger partial charge on any atom is 0.119 e. The van der Waals surface area contributed by atoms with E-state index in [9.17, 15) is 0 Å². The third-order valence-electron chi connectivity index (χ3n) is 4.95. The molecule has 21 heavy (non-hydrogen) atoms. The van der Waals surface area contributed by atoms with E-state index >= 15 is 0 Å². The zero-order valence-electron chi connectivity index (χ0n) is 13.2. The predicted octanol–water partition coefficient (Wildman–Crippen LogP) is 1.86. The Labute approximate surface area is 127 Å². The molecule has 0 bridgehead atoms. The Bertz CT molecular complexity index is 477. The van der Waals surface area contributed by atoms with E-state index in [-0.39, 0.29) is 12.1 Å². The standard InChI is InChI=1S/C17H27N3O/c1-13(18)17(14-5-3-7-16(11-14)21-2)20-10-9-19-8-4-6-15(19)12-20/h3,5,7,11,13,15,17H,4,6,8-10,12,18H2,1-2H3. The second-order valence-electron chi connectivity index (χ2n) is 6.41. The van der Waals surface area contributed by atoms with E-state index in [0.717, 1.165) is 24.9 Å². The molecule has 3 atom stereocenters. The molecule has 0 aromatic heterocycles. The molecule has 1 aromatic rings. The SMILES string of the molecule is COc1cccc(C(C(C)N)N2CCN3CCCC3C2)c1. The van der Waals surface area contributed by atoms with Crippen LogP contribution in [-0.2, 0) is 0 Å². The molecule has 3 rings (SSSR count). The Balaban J connectivity index is 1.80. The van der Waals surface area contributed by atoms with Crippen LogP contribution in [0.4, 0.5) is 0 Å². The van der Waals surface area contributed by atoms with Crippen molar-refractivity contribution in [3.63, 3.8) is 0 Å². The number of hydrogen-bond acceptors (Lipinski definition) is 4. The molecule has 116 valence electrons. The predicted molar refractivity (Wildman–Crippen MR) is 85.6 cm³/mol. The van der Waals surface area contributed by atoms with Crippen molar-refractivity contribution in [2.45, 2.75) is 37.9 Å². The molecule has 4 nitrogen and oxygen atoms in total. The van der Waals surface area contributed by atoms with Crippen molar-refractivity contribution in [1.29, 1.82) is 0 Å². The van der Waals surface area contributed by atoms with Gasteiger partial charge in [-0.05, 0) is 44.0 Å². The van der Waals surface area contributed by atoms with E-state index in [1.807, 2.05) is 6.07 Å². The second-order valence-corrected chi connectivity index (χ2v) is 6.41. The minimum Gasteiger partial charge on any atom is -0.497 e. The van der Waals surface area contributed by atoms with Crippen molar-refractivity contribution in [2.24, 2.45) is 5.73 Å². The quantitative estimate of drug-likeness (QED) is 0.919. The average molecular weight is 289 g/mol. The third kappa shape index (κ3) is 3.07. The fourth-order valence-electron chi connectivity index (χ4n) is 3.94. The molecule has 0 saturated carbocycles. The molecule has 2 saturated heterocycles. The average Bonchev–Trinajstić information content (AvgIpc) is 2.95. The molecule has 0 amide bonds. The number of benzene rings is 1. The monoisotopic (exact) mass is 289 g/mol. The van der Waals surface area contributed by atoms with Crippen molar-refractivity contribution in [3.05, 3.63) is 29.8 Å². The van der Waals surface area contributed by atoms with Crippen LogP contribution in [0, 0.1) is 0 Å². The number of rotatable bonds is 4. The highest BCUT2D eigenvalue weighted by Crippen LogP contribution is 2.31. The molecule has 3 unspecified atom stereocenters. The molecule has 0 spiro atoms. The van der Waals surface area contributed by atoms with Gasteiger partial charge < -0.3 is 10.5 Å². The highest BCUT2D eigenvalue weighted by molar-refractivity contribution is 5.31. The van der Waals surface area contributed by atoms with E-state index in [1.54, 1.807) is 7.11 Å². The van der Waals surface area contributed by atoms with E-state index in [0.29, 0.717) is 0 Å². The van der Waals surface area contributed by atoms with Gasteiger partial charge in [0.1, 0.15) is 5.75 Å². The molecular weight excluding hydrogens is 262 g/mol. The van der Waals surface area contributed by atoms with Crippen LogP contribution >= 0.6 is 0 Å². The smallest absolute Gasteiger partial charge is 0.119 e. The Kier molecular flexibility index (Phi) is 4.48. The van der Waals surface area contributed by atoms with Gasteiger partial charge in [-0.3, -0.25) is 9.80 Å². The van der Waals surface area contributed by atoms with Gasteiger partial charge in [0.15, 0.2) is 0 Å². The lowest BCUT2D eigenvalue weighted by Gasteiger charge is -2.43. The van der Waals surface area contributed by atoms with Crippen molar-refractivity contribution in [1.82, 2.24) is 9.80 Å². The van der Waals surface area contributed by atoms with E-state index in [1.165, 1.54) is 31.5 Å². The summed E-state index contributed by atoms with van der Waals surface area (Å²) in [7, 11) is 1.72. The topological polar surface area (TPSA) is 41.7 Å². The summed E-state index contributed by atoms with van der Waals surface area (Å²) in [5.41, 5.74) is 7.61. The first-order valence-electron chi connectivity index (χ1n) is 8.06. The minimum atomic E-state index is 0.116. The number of nitrogens with zero attached hydrogens (tertiary/aromatic N) is 2. The molecule has 0 radical (unpaired) electrons. The lowest BCUT2D eigenvalue weighted by molar-refractivity contribution is 0.0635. The van der Waals surface area contributed by atoms with Gasteiger partial charge in [0.05, 0.1) is 7.11 Å². The van der Waals surface area contributed by atoms with Gasteiger partial charge in [0, 0.05) is 37.8 Å². The van der Waals surface area contributed by atoms with Crippen LogP contribution in [0.25, 0.3) is 0 Å². The van der Waals surface area contributed by atoms with E-state index in [2.05, 4.69) is 34.9 Å². The van der Waals surface area contributed by atoms with Crippen molar-refractivity contribution >= 4 is 0 Å². The Morgan fingerprint density at radius 1 is 1.29 bits per heavy atom. The summed E-state index contributed by atoms with van der Waals surface area (Å²) in [6.45, 7) is 6.83. The fourth-order valence-corrected chi connectivity index (χ4v) is 3.94. The highest BCUT2D eigenvalue weighted by Gasteiger charge is 2.35. The number of nitrogens with two attached hydrogens (primary N) is 1. The van der Waals surface area contributed by atoms with Gasteiger partial charge in [-0.1, -0.05) is 12.1 Å². The molecule has 2 fully saturated rings. The van der Waals surface area contributed by atoms with Crippen molar-refractivity contribution in [2.75, 3.05) is 33.3 Å². The summed E-state index contributed by atoms with van der Waals surface area (Å²) >= 11 is 0. The molecule has 2 aliphatic rings. The van der Waals surface area contributed by atoms with Gasteiger partial charge in [-0.2, -0.15) is 0 Å². The number of methoxy groups -OCH3 is 1. The molecule has 4 heteroatoms. The Morgan fingerprint density at radius 2 is 2.14 bits per heavy atom. The maximum absolute atomic E-state index is 6.33. The fraction of sp³-hybridized carbons (Fsp3) is 0.647. The molecular formula is C17H27N3O. The normalized spacial score (nSPS) is 26.3. The van der Waals surface area contributed by atoms with E-state index < -0.39 is 0 Å². The van der Waals surface area contributed by atoms with Crippen LogP contribution in [0.1, 0.15) is 31.4 Å². The highest BCUT2D eigenvalue weighted by atomic mass is 16.5. The Morgan fingerprint density at radius 3 is 2.90 bits per heavy atom. The molecule has 2 heterocycles. The van der Waals surface area contributed by atoms with Crippen LogP contribution in [0.2, 0.25) is 0 Å². The molecule has 1 aromatic carbocycles. The maximum atomic E-state index is 6.33. The van der Waals surface area contributed by atoms with Crippen LogP contribution in [0.15, 0.2) is 24.3 Å². The van der Waals surface area contributed by atoms with Gasteiger partial charge in [-0.25, -0.2) is 0 Å². The van der Waals surface area contributed by atoms with Crippen LogP contribution in [0.5, 0.6) is 5.75 Å². The van der Waals surface area contributed by atoms with Gasteiger partial charge in [0.25, 0.3) is 0 Å². The van der Waals surface area contributed by atoms with Gasteiger partial charge >= 0.3 is 0 Å². The summed E-state index contributed by atoms with van der Waals surface area (Å²) < 4.78 is 5.37. The zero-order valence-corrected chi connectivity index (χ0v) is 13.2. The number of piperazine rings is 1. The summed E-state index contributed by atoms with van der Waals surface area (Å²) in [6.07, 6.45) is 2.68. The molecule has 2 N–H and O–H groups in total. The summed E-state index contributed by atoms with van der Waals surface area (Å²) in [5, 5.41) is 0. The van der Waals surface area contributed by atoms with Crippen molar-refractivity contribution < 1.29 is 4.74 Å². The summed E-state index contributed by atoms with van der Waals surface area (Å²) in [5.74, 6) is 0.914. The first kappa shape index (κ1) is 14.8. The lowest BCUT2D eigenvalue weighted by atomic mass is 9.97. The number of fused-ring (bicyclic) bond motifs is 1. The van der Waals surface area contributed by atoms with Crippen LogP contribution < -0.4 is 10.5 Å². The summed E-state index contributed by atoms with van der Waals surface area (Å²) in [4.78, 5) is 5.21. The van der Waals surface area contributed by atoms with Gasteiger partial charge in [0.2, 0.25) is 0 Å². The second kappa shape index (κ2) is 6.34. The van der Waals surface area contributed by atoms with Gasteiger partial charge in [-0.15, -0.1) is 0 Å². The van der Waals surface area contributed by atoms with Crippen LogP contribution in [0.3, 0.4) is 0 Å². The van der Waals surface area contributed by atoms with Crippen LogP contribution in [-0.4, -0.2) is 55.2 Å².